The van der Waals surface area contributed by atoms with E-state index < -0.39 is 17.9 Å². The summed E-state index contributed by atoms with van der Waals surface area (Å²) in [4.78, 5) is 28.4. The van der Waals surface area contributed by atoms with Crippen molar-refractivity contribution in [3.8, 4) is 0 Å². The summed E-state index contributed by atoms with van der Waals surface area (Å²) in [5.74, 6) is -0.891. The Morgan fingerprint density at radius 2 is 2.35 bits per heavy atom. The second-order valence-electron chi connectivity index (χ2n) is 3.77. The zero-order valence-corrected chi connectivity index (χ0v) is 10.2. The minimum absolute atomic E-state index is 0.116. The highest BCUT2D eigenvalue weighted by Gasteiger charge is 2.41. The number of carbonyl (C=O) groups excluding carboxylic acids is 1. The van der Waals surface area contributed by atoms with Gasteiger partial charge in [-0.25, -0.2) is 9.78 Å². The van der Waals surface area contributed by atoms with E-state index in [1.54, 1.807) is 13.8 Å². The second-order valence-corrected chi connectivity index (χ2v) is 5.11. The lowest BCUT2D eigenvalue weighted by Gasteiger charge is -2.23. The summed E-state index contributed by atoms with van der Waals surface area (Å²) in [7, 11) is 0. The summed E-state index contributed by atoms with van der Waals surface area (Å²) >= 11 is 1.44. The number of carboxylic acid groups (broad SMARTS) is 1. The Balaban J connectivity index is 2.29. The minimum Gasteiger partial charge on any atom is -0.480 e. The Labute approximate surface area is 102 Å². The Bertz CT molecular complexity index is 459. The number of rotatable bonds is 2. The molecular formula is C10H12N2O4S. The molecule has 1 aliphatic heterocycles. The van der Waals surface area contributed by atoms with Gasteiger partial charge in [-0.1, -0.05) is 0 Å². The number of aryl methyl sites for hydroxylation is 1. The number of hydrogen-bond acceptors (Lipinski definition) is 5. The number of oxazole rings is 1. The van der Waals surface area contributed by atoms with Crippen LogP contribution in [0.3, 0.4) is 0 Å². The fourth-order valence-corrected chi connectivity index (χ4v) is 2.93. The van der Waals surface area contributed by atoms with Crippen LogP contribution in [-0.2, 0) is 4.79 Å². The molecule has 1 N–H and O–H groups in total. The molecule has 2 heterocycles. The Kier molecular flexibility index (Phi) is 3.10. The molecule has 0 radical (unpaired) electrons. The van der Waals surface area contributed by atoms with Crippen LogP contribution < -0.4 is 0 Å². The molecule has 2 rings (SSSR count). The molecule has 0 aromatic carbocycles. The van der Waals surface area contributed by atoms with Crippen LogP contribution >= 0.6 is 11.8 Å². The molecule has 0 spiro atoms. The molecule has 1 fully saturated rings. The molecule has 0 aliphatic carbocycles. The predicted molar refractivity (Wildman–Crippen MR) is 60.8 cm³/mol. The lowest BCUT2D eigenvalue weighted by Crippen LogP contribution is -2.44. The number of thioether (sulfide) groups is 1. The van der Waals surface area contributed by atoms with Gasteiger partial charge in [0, 0.05) is 5.75 Å². The molecule has 1 amide bonds. The van der Waals surface area contributed by atoms with E-state index in [2.05, 4.69) is 4.98 Å². The average Bonchev–Trinajstić information content (AvgIpc) is 2.83. The number of carbonyl (C=O) groups is 2. The van der Waals surface area contributed by atoms with E-state index in [1.807, 2.05) is 0 Å². The van der Waals surface area contributed by atoms with E-state index in [4.69, 9.17) is 9.52 Å². The fraction of sp³-hybridized carbons (Fsp3) is 0.500. The smallest absolute Gasteiger partial charge is 0.327 e. The van der Waals surface area contributed by atoms with E-state index in [0.29, 0.717) is 11.4 Å². The first-order valence-electron chi connectivity index (χ1n) is 5.09. The Morgan fingerprint density at radius 1 is 1.65 bits per heavy atom. The van der Waals surface area contributed by atoms with Gasteiger partial charge in [0.05, 0.1) is 11.1 Å². The molecule has 2 unspecified atom stereocenters. The monoisotopic (exact) mass is 256 g/mol. The summed E-state index contributed by atoms with van der Waals surface area (Å²) in [5.41, 5.74) is 0.475. The third-order valence-corrected chi connectivity index (χ3v) is 3.90. The van der Waals surface area contributed by atoms with Gasteiger partial charge in [-0.3, -0.25) is 4.79 Å². The van der Waals surface area contributed by atoms with Crippen molar-refractivity contribution < 1.29 is 19.1 Å². The number of amides is 1. The summed E-state index contributed by atoms with van der Waals surface area (Å²) in [6.45, 7) is 3.46. The third kappa shape index (κ3) is 2.02. The first-order chi connectivity index (χ1) is 8.02. The van der Waals surface area contributed by atoms with E-state index >= 15 is 0 Å². The summed E-state index contributed by atoms with van der Waals surface area (Å²) in [6.07, 6.45) is 1.19. The van der Waals surface area contributed by atoms with Crippen molar-refractivity contribution in [3.63, 3.8) is 0 Å². The summed E-state index contributed by atoms with van der Waals surface area (Å²) in [6, 6.07) is -0.799. The molecule has 0 bridgehead atoms. The number of aromatic nitrogens is 1. The van der Waals surface area contributed by atoms with Gasteiger partial charge in [0.2, 0.25) is 5.76 Å². The van der Waals surface area contributed by atoms with Crippen LogP contribution in [0, 0.1) is 6.92 Å². The topological polar surface area (TPSA) is 83.6 Å². The first kappa shape index (κ1) is 12.0. The molecule has 0 saturated carbocycles. The molecule has 1 saturated heterocycles. The van der Waals surface area contributed by atoms with Crippen LogP contribution in [0.2, 0.25) is 0 Å². The molecule has 6 nitrogen and oxygen atoms in total. The largest absolute Gasteiger partial charge is 0.480 e. The zero-order chi connectivity index (χ0) is 12.6. The normalized spacial score (nSPS) is 24.0. The van der Waals surface area contributed by atoms with Crippen molar-refractivity contribution in [1.29, 1.82) is 0 Å². The highest BCUT2D eigenvalue weighted by molar-refractivity contribution is 8.00. The highest BCUT2D eigenvalue weighted by atomic mass is 32.2. The van der Waals surface area contributed by atoms with Crippen molar-refractivity contribution in [2.75, 3.05) is 5.75 Å². The first-order valence-corrected chi connectivity index (χ1v) is 6.14. The van der Waals surface area contributed by atoms with Crippen LogP contribution in [0.4, 0.5) is 0 Å². The molecule has 1 aliphatic rings. The van der Waals surface area contributed by atoms with Gasteiger partial charge < -0.3 is 14.4 Å². The molecule has 1 aromatic rings. The minimum atomic E-state index is -0.993. The molecular weight excluding hydrogens is 244 g/mol. The predicted octanol–water partition coefficient (Wildman–Crippen LogP) is 0.971. The van der Waals surface area contributed by atoms with Gasteiger partial charge in [-0.05, 0) is 13.8 Å². The van der Waals surface area contributed by atoms with Crippen LogP contribution in [0.5, 0.6) is 0 Å². The maximum absolute atomic E-state index is 12.2. The third-order valence-electron chi connectivity index (χ3n) is 2.68. The average molecular weight is 256 g/mol. The Hall–Kier alpha value is -1.50. The molecule has 2 atom stereocenters. The number of aliphatic carboxylic acids is 1. The molecule has 17 heavy (non-hydrogen) atoms. The molecule has 7 heteroatoms. The molecule has 1 aromatic heterocycles. The van der Waals surface area contributed by atoms with Crippen LogP contribution in [0.15, 0.2) is 10.8 Å². The van der Waals surface area contributed by atoms with Gasteiger partial charge >= 0.3 is 5.97 Å². The van der Waals surface area contributed by atoms with Crippen LogP contribution in [0.25, 0.3) is 0 Å². The maximum Gasteiger partial charge on any atom is 0.327 e. The van der Waals surface area contributed by atoms with Crippen molar-refractivity contribution in [2.24, 2.45) is 0 Å². The van der Waals surface area contributed by atoms with E-state index in [9.17, 15) is 9.59 Å². The lowest BCUT2D eigenvalue weighted by atomic mass is 10.2. The van der Waals surface area contributed by atoms with Crippen molar-refractivity contribution in [1.82, 2.24) is 9.88 Å². The second kappa shape index (κ2) is 4.40. The van der Waals surface area contributed by atoms with E-state index in [1.165, 1.54) is 23.1 Å². The fourth-order valence-electron chi connectivity index (χ4n) is 1.77. The van der Waals surface area contributed by atoms with Crippen molar-refractivity contribution >= 4 is 23.6 Å². The Morgan fingerprint density at radius 3 is 2.88 bits per heavy atom. The van der Waals surface area contributed by atoms with Gasteiger partial charge in [0.15, 0.2) is 6.39 Å². The number of carboxylic acids is 1. The van der Waals surface area contributed by atoms with Crippen LogP contribution in [-0.4, -0.2) is 44.0 Å². The standard InChI is InChI=1S/C10H12N2O4S/c1-5-8(16-4-11-5)9(13)12-6(2)17-3-7(12)10(14)15/h4,6-7H,3H2,1-2H3,(H,14,15). The van der Waals surface area contributed by atoms with Gasteiger partial charge in [-0.15, -0.1) is 11.8 Å². The van der Waals surface area contributed by atoms with Crippen molar-refractivity contribution in [2.45, 2.75) is 25.3 Å². The van der Waals surface area contributed by atoms with Gasteiger partial charge in [0.1, 0.15) is 6.04 Å². The van der Waals surface area contributed by atoms with Crippen LogP contribution in [0.1, 0.15) is 23.2 Å². The van der Waals surface area contributed by atoms with Gasteiger partial charge in [0.25, 0.3) is 5.91 Å². The quantitative estimate of drug-likeness (QED) is 0.848. The van der Waals surface area contributed by atoms with E-state index in [-0.39, 0.29) is 11.1 Å². The van der Waals surface area contributed by atoms with Gasteiger partial charge in [-0.2, -0.15) is 0 Å². The molecule has 92 valence electrons. The maximum atomic E-state index is 12.2. The summed E-state index contributed by atoms with van der Waals surface area (Å²) < 4.78 is 5.01. The SMILES string of the molecule is Cc1ncoc1C(=O)N1C(C)SCC1C(=O)O. The summed E-state index contributed by atoms with van der Waals surface area (Å²) in [5, 5.41) is 8.89. The van der Waals surface area contributed by atoms with Crippen molar-refractivity contribution in [3.05, 3.63) is 17.8 Å². The highest BCUT2D eigenvalue weighted by Crippen LogP contribution is 2.30. The van der Waals surface area contributed by atoms with E-state index in [0.717, 1.165) is 0 Å². The zero-order valence-electron chi connectivity index (χ0n) is 9.41. The number of hydrogen-bond donors (Lipinski definition) is 1. The lowest BCUT2D eigenvalue weighted by molar-refractivity contribution is -0.141. The number of nitrogens with zero attached hydrogens (tertiary/aromatic N) is 2.